The number of carbonyl (C=O) groups is 1. The van der Waals surface area contributed by atoms with Gasteiger partial charge in [0.2, 0.25) is 5.91 Å². The van der Waals surface area contributed by atoms with Crippen LogP contribution >= 0.6 is 0 Å². The van der Waals surface area contributed by atoms with E-state index in [2.05, 4.69) is 9.88 Å². The van der Waals surface area contributed by atoms with E-state index in [1.54, 1.807) is 0 Å². The highest BCUT2D eigenvalue weighted by atomic mass is 16.4. The summed E-state index contributed by atoms with van der Waals surface area (Å²) in [5.74, 6) is 0.401. The van der Waals surface area contributed by atoms with Crippen molar-refractivity contribution >= 4 is 23.0 Å². The summed E-state index contributed by atoms with van der Waals surface area (Å²) in [7, 11) is 0. The number of rotatable bonds is 3. The van der Waals surface area contributed by atoms with Crippen LogP contribution in [-0.2, 0) is 4.79 Å². The Morgan fingerprint density at radius 1 is 1.21 bits per heavy atom. The van der Waals surface area contributed by atoms with Gasteiger partial charge in [-0.2, -0.15) is 4.98 Å². The van der Waals surface area contributed by atoms with Crippen LogP contribution in [-0.4, -0.2) is 48.0 Å². The molecule has 1 atom stereocenters. The van der Waals surface area contributed by atoms with Crippen LogP contribution in [0.5, 0.6) is 0 Å². The quantitative estimate of drug-likeness (QED) is 0.932. The Hall–Kier alpha value is -2.08. The van der Waals surface area contributed by atoms with Gasteiger partial charge in [0.25, 0.3) is 6.01 Å². The molecule has 2 aliphatic rings. The summed E-state index contributed by atoms with van der Waals surface area (Å²) in [6.45, 7) is 3.06. The van der Waals surface area contributed by atoms with Crippen molar-refractivity contribution in [2.75, 3.05) is 31.1 Å². The van der Waals surface area contributed by atoms with E-state index in [4.69, 9.17) is 10.2 Å². The fraction of sp³-hybridized carbons (Fsp3) is 0.556. The molecular formula is C18H24N4O2. The van der Waals surface area contributed by atoms with Gasteiger partial charge in [-0.15, -0.1) is 0 Å². The molecule has 2 N–H and O–H groups in total. The monoisotopic (exact) mass is 328 g/mol. The van der Waals surface area contributed by atoms with Crippen molar-refractivity contribution in [2.45, 2.75) is 31.7 Å². The van der Waals surface area contributed by atoms with E-state index < -0.39 is 0 Å². The van der Waals surface area contributed by atoms with Gasteiger partial charge < -0.3 is 20.0 Å². The lowest BCUT2D eigenvalue weighted by molar-refractivity contribution is -0.136. The third-order valence-corrected chi connectivity index (χ3v) is 5.33. The predicted molar refractivity (Wildman–Crippen MR) is 92.7 cm³/mol. The summed E-state index contributed by atoms with van der Waals surface area (Å²) in [6, 6.07) is 8.72. The van der Waals surface area contributed by atoms with Crippen molar-refractivity contribution < 1.29 is 9.21 Å². The molecule has 1 aromatic heterocycles. The Labute approximate surface area is 141 Å². The van der Waals surface area contributed by atoms with Crippen molar-refractivity contribution in [3.8, 4) is 0 Å². The van der Waals surface area contributed by atoms with Crippen LogP contribution in [0.3, 0.4) is 0 Å². The third-order valence-electron chi connectivity index (χ3n) is 5.33. The summed E-state index contributed by atoms with van der Waals surface area (Å²) < 4.78 is 5.84. The molecule has 2 saturated heterocycles. The van der Waals surface area contributed by atoms with E-state index in [9.17, 15) is 4.79 Å². The first kappa shape index (κ1) is 15.4. The van der Waals surface area contributed by atoms with Crippen LogP contribution in [0.1, 0.15) is 25.7 Å². The second kappa shape index (κ2) is 6.43. The summed E-state index contributed by atoms with van der Waals surface area (Å²) in [5.41, 5.74) is 7.50. The molecule has 24 heavy (non-hydrogen) atoms. The molecule has 1 unspecified atom stereocenters. The standard InChI is InChI=1S/C18H24N4O2/c19-12-14-4-3-9-22(14)17(23)13-7-10-21(11-8-13)18-20-15-5-1-2-6-16(15)24-18/h1-2,5-6,13-14H,3-4,7-12,19H2. The van der Waals surface area contributed by atoms with Gasteiger partial charge in [-0.25, -0.2) is 0 Å². The maximum atomic E-state index is 12.8. The van der Waals surface area contributed by atoms with Crippen LogP contribution in [0, 0.1) is 5.92 Å². The fourth-order valence-corrected chi connectivity index (χ4v) is 3.92. The molecule has 4 rings (SSSR count). The molecule has 0 bridgehead atoms. The number of hydrogen-bond donors (Lipinski definition) is 1. The maximum absolute atomic E-state index is 12.8. The van der Waals surface area contributed by atoms with E-state index in [0.717, 1.165) is 56.4 Å². The Kier molecular flexibility index (Phi) is 4.14. The number of oxazole rings is 1. The molecule has 2 fully saturated rings. The van der Waals surface area contributed by atoms with Gasteiger partial charge in [-0.3, -0.25) is 4.79 Å². The van der Waals surface area contributed by atoms with Gasteiger partial charge in [0, 0.05) is 38.1 Å². The first-order chi connectivity index (χ1) is 11.8. The molecule has 2 aliphatic heterocycles. The average Bonchev–Trinajstić information content (AvgIpc) is 3.27. The number of amides is 1. The topological polar surface area (TPSA) is 75.6 Å². The van der Waals surface area contributed by atoms with Crippen molar-refractivity contribution in [2.24, 2.45) is 11.7 Å². The summed E-state index contributed by atoms with van der Waals surface area (Å²) in [4.78, 5) is 21.5. The molecule has 128 valence electrons. The first-order valence-electron chi connectivity index (χ1n) is 8.87. The largest absolute Gasteiger partial charge is 0.423 e. The Balaban J connectivity index is 1.40. The number of anilines is 1. The van der Waals surface area contributed by atoms with E-state index >= 15 is 0 Å². The van der Waals surface area contributed by atoms with Gasteiger partial charge in [-0.1, -0.05) is 12.1 Å². The highest BCUT2D eigenvalue weighted by Crippen LogP contribution is 2.28. The van der Waals surface area contributed by atoms with Gasteiger partial charge in [0.05, 0.1) is 0 Å². The number of aromatic nitrogens is 1. The Bertz CT molecular complexity index is 688. The van der Waals surface area contributed by atoms with Gasteiger partial charge in [0.15, 0.2) is 5.58 Å². The highest BCUT2D eigenvalue weighted by Gasteiger charge is 2.34. The fourth-order valence-electron chi connectivity index (χ4n) is 3.92. The third kappa shape index (κ3) is 2.75. The molecule has 1 amide bonds. The lowest BCUT2D eigenvalue weighted by Crippen LogP contribution is -2.46. The molecular weight excluding hydrogens is 304 g/mol. The normalized spacial score (nSPS) is 22.5. The van der Waals surface area contributed by atoms with E-state index in [1.165, 1.54) is 0 Å². The van der Waals surface area contributed by atoms with Crippen LogP contribution in [0.4, 0.5) is 6.01 Å². The minimum atomic E-state index is 0.109. The number of hydrogen-bond acceptors (Lipinski definition) is 5. The second-order valence-electron chi connectivity index (χ2n) is 6.79. The van der Waals surface area contributed by atoms with Crippen molar-refractivity contribution in [3.05, 3.63) is 24.3 Å². The average molecular weight is 328 g/mol. The van der Waals surface area contributed by atoms with E-state index in [0.29, 0.717) is 18.5 Å². The number of fused-ring (bicyclic) bond motifs is 1. The summed E-state index contributed by atoms with van der Waals surface area (Å²) in [6.07, 6.45) is 3.83. The van der Waals surface area contributed by atoms with Gasteiger partial charge >= 0.3 is 0 Å². The van der Waals surface area contributed by atoms with Crippen LogP contribution in [0.25, 0.3) is 11.1 Å². The number of likely N-dealkylation sites (tertiary alicyclic amines) is 1. The number of piperidine rings is 1. The lowest BCUT2D eigenvalue weighted by atomic mass is 9.95. The first-order valence-corrected chi connectivity index (χ1v) is 8.87. The van der Waals surface area contributed by atoms with Crippen molar-refractivity contribution in [3.63, 3.8) is 0 Å². The second-order valence-corrected chi connectivity index (χ2v) is 6.79. The van der Waals surface area contributed by atoms with Gasteiger partial charge in [-0.05, 0) is 37.8 Å². The molecule has 0 spiro atoms. The Morgan fingerprint density at radius 3 is 2.75 bits per heavy atom. The minimum Gasteiger partial charge on any atom is -0.423 e. The van der Waals surface area contributed by atoms with Crippen LogP contribution in [0.2, 0.25) is 0 Å². The summed E-state index contributed by atoms with van der Waals surface area (Å²) >= 11 is 0. The number of benzene rings is 1. The lowest BCUT2D eigenvalue weighted by Gasteiger charge is -2.34. The molecule has 0 radical (unpaired) electrons. The molecule has 0 saturated carbocycles. The zero-order valence-electron chi connectivity index (χ0n) is 13.9. The number of nitrogens with zero attached hydrogens (tertiary/aromatic N) is 3. The Morgan fingerprint density at radius 2 is 2.00 bits per heavy atom. The maximum Gasteiger partial charge on any atom is 0.298 e. The molecule has 6 nitrogen and oxygen atoms in total. The smallest absolute Gasteiger partial charge is 0.298 e. The van der Waals surface area contributed by atoms with Crippen molar-refractivity contribution in [1.29, 1.82) is 0 Å². The van der Waals surface area contributed by atoms with E-state index in [1.807, 2.05) is 29.2 Å². The number of para-hydroxylation sites is 2. The molecule has 2 aromatic rings. The van der Waals surface area contributed by atoms with Crippen molar-refractivity contribution in [1.82, 2.24) is 9.88 Å². The predicted octanol–water partition coefficient (Wildman–Crippen LogP) is 1.99. The van der Waals surface area contributed by atoms with Crippen LogP contribution < -0.4 is 10.6 Å². The molecule has 1 aromatic carbocycles. The number of nitrogens with two attached hydrogens (primary N) is 1. The number of carbonyl (C=O) groups excluding carboxylic acids is 1. The SMILES string of the molecule is NCC1CCCN1C(=O)C1CCN(c2nc3ccccc3o2)CC1. The molecule has 3 heterocycles. The highest BCUT2D eigenvalue weighted by molar-refractivity contribution is 5.80. The molecule has 0 aliphatic carbocycles. The van der Waals surface area contributed by atoms with Crippen LogP contribution in [0.15, 0.2) is 28.7 Å². The van der Waals surface area contributed by atoms with E-state index in [-0.39, 0.29) is 12.0 Å². The van der Waals surface area contributed by atoms with Gasteiger partial charge in [0.1, 0.15) is 5.52 Å². The molecule has 6 heteroatoms. The zero-order valence-corrected chi connectivity index (χ0v) is 13.9. The summed E-state index contributed by atoms with van der Waals surface area (Å²) in [5, 5.41) is 0. The zero-order chi connectivity index (χ0) is 16.5. The minimum absolute atomic E-state index is 0.109.